The smallest absolute Gasteiger partial charge is 0.401 e. The highest BCUT2D eigenvalue weighted by Crippen LogP contribution is 2.41. The summed E-state index contributed by atoms with van der Waals surface area (Å²) in [6.45, 7) is 3.31. The summed E-state index contributed by atoms with van der Waals surface area (Å²) in [6, 6.07) is 4.48. The Hall–Kier alpha value is -2.46. The monoisotopic (exact) mass is 478 g/mol. The predicted octanol–water partition coefficient (Wildman–Crippen LogP) is 3.36. The fraction of sp³-hybridized carbons (Fsp3) is 0.625. The van der Waals surface area contributed by atoms with E-state index in [-0.39, 0.29) is 6.10 Å². The number of piperazine rings is 1. The zero-order valence-electron chi connectivity index (χ0n) is 19.6. The number of hydrogen-bond donors (Lipinski definition) is 1. The van der Waals surface area contributed by atoms with E-state index in [0.29, 0.717) is 37.9 Å². The van der Waals surface area contributed by atoms with Crippen LogP contribution >= 0.6 is 0 Å². The number of nitrogens with zero attached hydrogens (tertiary/aromatic N) is 5. The van der Waals surface area contributed by atoms with Crippen molar-refractivity contribution in [1.29, 1.82) is 0 Å². The van der Waals surface area contributed by atoms with E-state index >= 15 is 0 Å². The maximum atomic E-state index is 12.7. The van der Waals surface area contributed by atoms with Crippen molar-refractivity contribution in [3.63, 3.8) is 0 Å². The lowest BCUT2D eigenvalue weighted by Crippen LogP contribution is -2.54. The maximum absolute atomic E-state index is 12.7. The molecule has 2 N–H and O–H groups in total. The summed E-state index contributed by atoms with van der Waals surface area (Å²) in [5, 5.41) is 4.34. The molecule has 0 unspecified atom stereocenters. The Bertz CT molecular complexity index is 989. The van der Waals surface area contributed by atoms with Gasteiger partial charge in [-0.2, -0.15) is 18.3 Å². The first kappa shape index (κ1) is 23.3. The van der Waals surface area contributed by atoms with Crippen LogP contribution in [-0.2, 0) is 7.05 Å². The molecule has 10 heteroatoms. The standard InChI is InChI=1S/C24H33F3N6O/c1-30-15-17(14-29-30)20-12-21(28)23(34-19-2-3-19)13-22(20)33-6-4-18(5-7-33)32-10-8-31(9-11-32)16-24(25,26)27/h12-15,18-19H,2-11,16,28H2,1H3. The van der Waals surface area contributed by atoms with Crippen LogP contribution < -0.4 is 15.4 Å². The second-order valence-electron chi connectivity index (χ2n) is 9.77. The summed E-state index contributed by atoms with van der Waals surface area (Å²) < 4.78 is 46.0. The van der Waals surface area contributed by atoms with E-state index < -0.39 is 12.7 Å². The number of hydrogen-bond acceptors (Lipinski definition) is 6. The Balaban J connectivity index is 1.27. The number of anilines is 2. The molecule has 0 bridgehead atoms. The molecule has 0 spiro atoms. The van der Waals surface area contributed by atoms with Crippen molar-refractivity contribution in [2.45, 2.75) is 44.0 Å². The molecule has 7 nitrogen and oxygen atoms in total. The summed E-state index contributed by atoms with van der Waals surface area (Å²) >= 11 is 0. The molecule has 2 saturated heterocycles. The first-order valence-electron chi connectivity index (χ1n) is 12.1. The van der Waals surface area contributed by atoms with Gasteiger partial charge in [0.05, 0.1) is 24.5 Å². The average Bonchev–Trinajstić information content (AvgIpc) is 3.51. The Morgan fingerprint density at radius 2 is 1.74 bits per heavy atom. The van der Waals surface area contributed by atoms with Crippen LogP contribution in [0, 0.1) is 0 Å². The molecule has 0 radical (unpaired) electrons. The lowest BCUT2D eigenvalue weighted by atomic mass is 9.98. The van der Waals surface area contributed by atoms with Gasteiger partial charge in [0.2, 0.25) is 0 Å². The molecule has 0 amide bonds. The van der Waals surface area contributed by atoms with Crippen LogP contribution in [0.4, 0.5) is 24.5 Å². The van der Waals surface area contributed by atoms with E-state index in [0.717, 1.165) is 61.3 Å². The van der Waals surface area contributed by atoms with Crippen LogP contribution in [0.5, 0.6) is 5.75 Å². The number of aryl methyl sites for hydroxylation is 1. The van der Waals surface area contributed by atoms with Gasteiger partial charge in [0.1, 0.15) is 5.75 Å². The van der Waals surface area contributed by atoms with E-state index in [1.165, 1.54) is 4.90 Å². The van der Waals surface area contributed by atoms with Crippen LogP contribution in [0.3, 0.4) is 0 Å². The molecule has 1 saturated carbocycles. The molecule has 34 heavy (non-hydrogen) atoms. The van der Waals surface area contributed by atoms with Gasteiger partial charge in [0.15, 0.2) is 0 Å². The van der Waals surface area contributed by atoms with E-state index in [1.54, 1.807) is 4.68 Å². The van der Waals surface area contributed by atoms with Crippen molar-refractivity contribution >= 4 is 11.4 Å². The van der Waals surface area contributed by atoms with Gasteiger partial charge >= 0.3 is 6.18 Å². The minimum Gasteiger partial charge on any atom is -0.488 e. The Kier molecular flexibility index (Phi) is 6.37. The van der Waals surface area contributed by atoms with Gasteiger partial charge in [-0.25, -0.2) is 0 Å². The minimum absolute atomic E-state index is 0.265. The Morgan fingerprint density at radius 3 is 2.32 bits per heavy atom. The summed E-state index contributed by atoms with van der Waals surface area (Å²) in [7, 11) is 1.90. The zero-order chi connectivity index (χ0) is 23.9. The highest BCUT2D eigenvalue weighted by molar-refractivity contribution is 5.83. The highest BCUT2D eigenvalue weighted by Gasteiger charge is 2.34. The fourth-order valence-electron chi connectivity index (χ4n) is 5.12. The normalized spacial score (nSPS) is 21.2. The average molecular weight is 479 g/mol. The van der Waals surface area contributed by atoms with Gasteiger partial charge in [-0.3, -0.25) is 14.5 Å². The number of rotatable bonds is 6. The SMILES string of the molecule is Cn1cc(-c2cc(N)c(OC3CC3)cc2N2CCC(N3CCN(CC(F)(F)F)CC3)CC2)cn1. The van der Waals surface area contributed by atoms with E-state index in [4.69, 9.17) is 10.5 Å². The second-order valence-corrected chi connectivity index (χ2v) is 9.77. The largest absolute Gasteiger partial charge is 0.488 e. The van der Waals surface area contributed by atoms with Gasteiger partial charge in [-0.15, -0.1) is 0 Å². The molecule has 1 aliphatic carbocycles. The zero-order valence-corrected chi connectivity index (χ0v) is 19.6. The fourth-order valence-corrected chi connectivity index (χ4v) is 5.12. The van der Waals surface area contributed by atoms with E-state index in [9.17, 15) is 13.2 Å². The molecule has 3 heterocycles. The lowest BCUT2D eigenvalue weighted by molar-refractivity contribution is -0.150. The molecular formula is C24H33F3N6O. The van der Waals surface area contributed by atoms with Crippen molar-refractivity contribution in [3.8, 4) is 16.9 Å². The third kappa shape index (κ3) is 5.43. The van der Waals surface area contributed by atoms with Crippen LogP contribution in [0.25, 0.3) is 11.1 Å². The number of piperidine rings is 1. The Morgan fingerprint density at radius 1 is 1.03 bits per heavy atom. The number of aromatic nitrogens is 2. The number of nitrogens with two attached hydrogens (primary N) is 1. The van der Waals surface area contributed by atoms with Crippen molar-refractivity contribution in [3.05, 3.63) is 24.5 Å². The summed E-state index contributed by atoms with van der Waals surface area (Å²) in [4.78, 5) is 6.27. The predicted molar refractivity (Wildman–Crippen MR) is 126 cm³/mol. The molecule has 2 aromatic rings. The van der Waals surface area contributed by atoms with E-state index in [1.807, 2.05) is 25.5 Å². The van der Waals surface area contributed by atoms with Crippen LogP contribution in [-0.4, -0.2) is 83.7 Å². The molecule has 2 aliphatic heterocycles. The van der Waals surface area contributed by atoms with Crippen LogP contribution in [0.2, 0.25) is 0 Å². The molecule has 1 aromatic heterocycles. The van der Waals surface area contributed by atoms with Crippen LogP contribution in [0.1, 0.15) is 25.7 Å². The van der Waals surface area contributed by atoms with Crippen LogP contribution in [0.15, 0.2) is 24.5 Å². The summed E-state index contributed by atoms with van der Waals surface area (Å²) in [6.07, 6.45) is 4.09. The summed E-state index contributed by atoms with van der Waals surface area (Å²) in [5.74, 6) is 0.744. The molecule has 0 atom stereocenters. The van der Waals surface area contributed by atoms with Crippen molar-refractivity contribution in [1.82, 2.24) is 19.6 Å². The quantitative estimate of drug-likeness (QED) is 0.643. The van der Waals surface area contributed by atoms with E-state index in [2.05, 4.69) is 21.0 Å². The lowest BCUT2D eigenvalue weighted by Gasteiger charge is -2.43. The third-order valence-electron chi connectivity index (χ3n) is 7.09. The Labute approximate surface area is 198 Å². The number of ether oxygens (including phenoxy) is 1. The molecule has 186 valence electrons. The topological polar surface area (TPSA) is 62.8 Å². The highest BCUT2D eigenvalue weighted by atomic mass is 19.4. The first-order valence-corrected chi connectivity index (χ1v) is 12.1. The van der Waals surface area contributed by atoms with Gasteiger partial charge in [0.25, 0.3) is 0 Å². The van der Waals surface area contributed by atoms with Crippen molar-refractivity contribution in [2.24, 2.45) is 7.05 Å². The second kappa shape index (κ2) is 9.30. The van der Waals surface area contributed by atoms with Gasteiger partial charge in [-0.1, -0.05) is 0 Å². The number of nitrogen functional groups attached to an aromatic ring is 1. The third-order valence-corrected chi connectivity index (χ3v) is 7.09. The first-order chi connectivity index (χ1) is 16.2. The van der Waals surface area contributed by atoms with Gasteiger partial charge in [0, 0.05) is 81.4 Å². The van der Waals surface area contributed by atoms with Gasteiger partial charge < -0.3 is 15.4 Å². The molecule has 5 rings (SSSR count). The molecule has 3 fully saturated rings. The van der Waals surface area contributed by atoms with Gasteiger partial charge in [-0.05, 0) is 31.7 Å². The minimum atomic E-state index is -4.12. The summed E-state index contributed by atoms with van der Waals surface area (Å²) in [5.41, 5.74) is 10.2. The van der Waals surface area contributed by atoms with Crippen molar-refractivity contribution < 1.29 is 17.9 Å². The molecule has 1 aromatic carbocycles. The number of alkyl halides is 3. The number of benzene rings is 1. The molecule has 3 aliphatic rings. The molecular weight excluding hydrogens is 445 g/mol. The van der Waals surface area contributed by atoms with Crippen molar-refractivity contribution in [2.75, 3.05) is 56.4 Å². The maximum Gasteiger partial charge on any atom is 0.401 e. The number of halogens is 3.